The van der Waals surface area contributed by atoms with Crippen LogP contribution in [0, 0.1) is 12.3 Å². The Morgan fingerprint density at radius 1 is 1.33 bits per heavy atom. The molecule has 0 radical (unpaired) electrons. The third-order valence-corrected chi connectivity index (χ3v) is 5.52. The first kappa shape index (κ1) is 19.5. The van der Waals surface area contributed by atoms with Crippen molar-refractivity contribution in [3.63, 3.8) is 0 Å². The van der Waals surface area contributed by atoms with Gasteiger partial charge in [-0.05, 0) is 62.1 Å². The Hall–Kier alpha value is -0.850. The maximum absolute atomic E-state index is 4.90. The Bertz CT molecular complexity index is 552. The van der Waals surface area contributed by atoms with Crippen molar-refractivity contribution < 1.29 is 0 Å². The minimum absolute atomic E-state index is 0. The molecule has 4 nitrogen and oxygen atoms in total. The number of aryl methyl sites for hydroxylation is 1. The number of nitrogens with zero attached hydrogens (tertiary/aromatic N) is 3. The molecule has 1 N–H and O–H groups in total. The van der Waals surface area contributed by atoms with Crippen molar-refractivity contribution in [2.45, 2.75) is 52.4 Å². The Morgan fingerprint density at radius 2 is 2.12 bits per heavy atom. The van der Waals surface area contributed by atoms with Crippen LogP contribution >= 0.6 is 24.0 Å². The predicted molar refractivity (Wildman–Crippen MR) is 111 cm³/mol. The number of hydrogen-bond acceptors (Lipinski definition) is 2. The monoisotopic (exact) mass is 442 g/mol. The highest BCUT2D eigenvalue weighted by Gasteiger charge is 2.41. The van der Waals surface area contributed by atoms with Gasteiger partial charge in [-0.3, -0.25) is 9.98 Å². The third-order valence-electron chi connectivity index (χ3n) is 5.52. The normalized spacial score (nSPS) is 19.6. The van der Waals surface area contributed by atoms with Gasteiger partial charge < -0.3 is 10.2 Å². The van der Waals surface area contributed by atoms with Crippen LogP contribution in [0.15, 0.2) is 23.5 Å². The number of likely N-dealkylation sites (tertiary alicyclic amines) is 1. The van der Waals surface area contributed by atoms with E-state index in [1.54, 1.807) is 0 Å². The number of halogens is 1. The van der Waals surface area contributed by atoms with Gasteiger partial charge in [0, 0.05) is 38.6 Å². The fourth-order valence-corrected chi connectivity index (χ4v) is 4.14. The van der Waals surface area contributed by atoms with Crippen molar-refractivity contribution in [1.82, 2.24) is 15.2 Å². The molecule has 2 aliphatic rings. The van der Waals surface area contributed by atoms with Crippen LogP contribution in [0.5, 0.6) is 0 Å². The first-order valence-corrected chi connectivity index (χ1v) is 9.15. The number of pyridine rings is 1. The molecule has 1 aromatic rings. The van der Waals surface area contributed by atoms with Crippen LogP contribution in [0.25, 0.3) is 0 Å². The minimum Gasteiger partial charge on any atom is -0.357 e. The Balaban J connectivity index is 0.00000208. The van der Waals surface area contributed by atoms with Gasteiger partial charge in [0.05, 0.1) is 0 Å². The first-order valence-electron chi connectivity index (χ1n) is 9.15. The van der Waals surface area contributed by atoms with E-state index >= 15 is 0 Å². The highest BCUT2D eigenvalue weighted by molar-refractivity contribution is 14.0. The smallest absolute Gasteiger partial charge is 0.193 e. The molecular formula is C19H31IN4. The second-order valence-electron chi connectivity index (χ2n) is 7.17. The lowest BCUT2D eigenvalue weighted by molar-refractivity contribution is 0.309. The molecule has 5 heteroatoms. The lowest BCUT2D eigenvalue weighted by Gasteiger charge is -2.26. The fraction of sp³-hybridized carbons (Fsp3) is 0.684. The molecule has 1 saturated heterocycles. The molecule has 1 spiro atoms. The van der Waals surface area contributed by atoms with E-state index in [-0.39, 0.29) is 24.0 Å². The van der Waals surface area contributed by atoms with Crippen molar-refractivity contribution in [1.29, 1.82) is 0 Å². The predicted octanol–water partition coefficient (Wildman–Crippen LogP) is 3.78. The van der Waals surface area contributed by atoms with Crippen LogP contribution in [0.2, 0.25) is 0 Å². The van der Waals surface area contributed by atoms with Gasteiger partial charge in [-0.1, -0.05) is 12.8 Å². The summed E-state index contributed by atoms with van der Waals surface area (Å²) in [5.41, 5.74) is 3.21. The standard InChI is InChI=1S/C19H30N4.HI/c1-3-21-18(22-12-7-17-6-11-20-14-16(17)2)23-13-10-19(15-23)8-4-5-9-19;/h6,11,14H,3-5,7-10,12-13,15H2,1-2H3,(H,21,22);1H. The second-order valence-corrected chi connectivity index (χ2v) is 7.17. The number of guanidine groups is 1. The Kier molecular flexibility index (Phi) is 7.32. The molecule has 0 atom stereocenters. The van der Waals surface area contributed by atoms with Crippen LogP contribution in [-0.2, 0) is 6.42 Å². The first-order chi connectivity index (χ1) is 11.2. The van der Waals surface area contributed by atoms with Gasteiger partial charge in [0.25, 0.3) is 0 Å². The van der Waals surface area contributed by atoms with E-state index in [9.17, 15) is 0 Å². The zero-order chi connectivity index (χ0) is 16.1. The van der Waals surface area contributed by atoms with Crippen molar-refractivity contribution in [2.75, 3.05) is 26.2 Å². The molecule has 134 valence electrons. The van der Waals surface area contributed by atoms with E-state index in [4.69, 9.17) is 4.99 Å². The molecule has 2 heterocycles. The largest absolute Gasteiger partial charge is 0.357 e. The van der Waals surface area contributed by atoms with E-state index in [0.29, 0.717) is 5.41 Å². The lowest BCUT2D eigenvalue weighted by Crippen LogP contribution is -2.41. The summed E-state index contributed by atoms with van der Waals surface area (Å²) in [6.07, 6.45) is 11.8. The highest BCUT2D eigenvalue weighted by atomic mass is 127. The Labute approximate surface area is 163 Å². The number of aliphatic imine (C=N–C) groups is 1. The molecule has 24 heavy (non-hydrogen) atoms. The van der Waals surface area contributed by atoms with E-state index in [1.165, 1.54) is 56.3 Å². The molecule has 0 unspecified atom stereocenters. The summed E-state index contributed by atoms with van der Waals surface area (Å²) < 4.78 is 0. The zero-order valence-corrected chi connectivity index (χ0v) is 17.4. The maximum Gasteiger partial charge on any atom is 0.193 e. The molecule has 2 fully saturated rings. The number of rotatable bonds is 4. The molecule has 0 amide bonds. The van der Waals surface area contributed by atoms with E-state index in [2.05, 4.69) is 35.1 Å². The molecule has 1 aliphatic heterocycles. The van der Waals surface area contributed by atoms with E-state index in [1.807, 2.05) is 12.4 Å². The topological polar surface area (TPSA) is 40.5 Å². The van der Waals surface area contributed by atoms with Crippen LogP contribution < -0.4 is 5.32 Å². The van der Waals surface area contributed by atoms with E-state index in [0.717, 1.165) is 25.5 Å². The second kappa shape index (κ2) is 9.02. The van der Waals surface area contributed by atoms with Gasteiger partial charge in [0.15, 0.2) is 5.96 Å². The summed E-state index contributed by atoms with van der Waals surface area (Å²) in [6.45, 7) is 8.44. The van der Waals surface area contributed by atoms with Crippen LogP contribution in [0.4, 0.5) is 0 Å². The number of nitrogens with one attached hydrogen (secondary N) is 1. The van der Waals surface area contributed by atoms with Gasteiger partial charge in [-0.15, -0.1) is 24.0 Å². The fourth-order valence-electron chi connectivity index (χ4n) is 4.14. The molecule has 1 aromatic heterocycles. The summed E-state index contributed by atoms with van der Waals surface area (Å²) >= 11 is 0. The third kappa shape index (κ3) is 4.61. The van der Waals surface area contributed by atoms with Gasteiger partial charge in [0.1, 0.15) is 0 Å². The van der Waals surface area contributed by atoms with Crippen molar-refractivity contribution in [3.8, 4) is 0 Å². The van der Waals surface area contributed by atoms with Crippen molar-refractivity contribution in [2.24, 2.45) is 10.4 Å². The Morgan fingerprint density at radius 3 is 2.83 bits per heavy atom. The van der Waals surface area contributed by atoms with Crippen LogP contribution in [-0.4, -0.2) is 42.0 Å². The van der Waals surface area contributed by atoms with Crippen molar-refractivity contribution in [3.05, 3.63) is 29.6 Å². The molecular weight excluding hydrogens is 411 g/mol. The summed E-state index contributed by atoms with van der Waals surface area (Å²) in [5.74, 6) is 1.11. The quantitative estimate of drug-likeness (QED) is 0.439. The number of hydrogen-bond donors (Lipinski definition) is 1. The van der Waals surface area contributed by atoms with Crippen LogP contribution in [0.1, 0.15) is 50.2 Å². The van der Waals surface area contributed by atoms with Gasteiger partial charge in [0.2, 0.25) is 0 Å². The van der Waals surface area contributed by atoms with Crippen molar-refractivity contribution >= 4 is 29.9 Å². The zero-order valence-electron chi connectivity index (χ0n) is 15.1. The SMILES string of the molecule is CCNC(=NCCc1ccncc1C)N1CCC2(CCCC2)C1.I. The van der Waals surface area contributed by atoms with Gasteiger partial charge >= 0.3 is 0 Å². The highest BCUT2D eigenvalue weighted by Crippen LogP contribution is 2.45. The molecule has 3 rings (SSSR count). The van der Waals surface area contributed by atoms with Gasteiger partial charge in [-0.25, -0.2) is 0 Å². The van der Waals surface area contributed by atoms with E-state index < -0.39 is 0 Å². The maximum atomic E-state index is 4.90. The molecule has 1 aliphatic carbocycles. The molecule has 1 saturated carbocycles. The average molecular weight is 442 g/mol. The summed E-state index contributed by atoms with van der Waals surface area (Å²) in [5, 5.41) is 3.50. The van der Waals surface area contributed by atoms with Crippen LogP contribution in [0.3, 0.4) is 0 Å². The molecule has 0 bridgehead atoms. The summed E-state index contributed by atoms with van der Waals surface area (Å²) in [7, 11) is 0. The summed E-state index contributed by atoms with van der Waals surface area (Å²) in [4.78, 5) is 11.6. The summed E-state index contributed by atoms with van der Waals surface area (Å²) in [6, 6.07) is 2.11. The average Bonchev–Trinajstić information content (AvgIpc) is 3.19. The number of aromatic nitrogens is 1. The lowest BCUT2D eigenvalue weighted by atomic mass is 9.86. The molecule has 0 aromatic carbocycles. The minimum atomic E-state index is 0. The van der Waals surface area contributed by atoms with Gasteiger partial charge in [-0.2, -0.15) is 0 Å².